The molecule has 0 unspecified atom stereocenters. The van der Waals surface area contributed by atoms with Crippen LogP contribution in [0.1, 0.15) is 33.6 Å². The van der Waals surface area contributed by atoms with E-state index in [1.807, 2.05) is 6.92 Å². The molecular weight excluding hydrogens is 204 g/mol. The third-order valence-electron chi connectivity index (χ3n) is 2.54. The maximum absolute atomic E-state index is 11.0. The fraction of sp³-hybridized carbons (Fsp3) is 0.917. The van der Waals surface area contributed by atoms with Crippen molar-refractivity contribution >= 4 is 5.97 Å². The van der Waals surface area contributed by atoms with Gasteiger partial charge in [-0.15, -0.1) is 0 Å². The Balaban J connectivity index is 3.24. The van der Waals surface area contributed by atoms with Gasteiger partial charge in [0.25, 0.3) is 0 Å². The Hall–Kier alpha value is -0.610. The van der Waals surface area contributed by atoms with Crippen LogP contribution in [0.2, 0.25) is 0 Å². The smallest absolute Gasteiger partial charge is 0.305 e. The lowest BCUT2D eigenvalue weighted by atomic mass is 10.3. The van der Waals surface area contributed by atoms with E-state index in [-0.39, 0.29) is 5.97 Å². The SMILES string of the molecule is CCOC(=O)CCCNCCN(CC)CC. The Kier molecular flexibility index (Phi) is 10.5. The Labute approximate surface area is 99.3 Å². The lowest BCUT2D eigenvalue weighted by Crippen LogP contribution is -2.32. The second-order valence-electron chi connectivity index (χ2n) is 3.69. The first-order valence-corrected chi connectivity index (χ1v) is 6.33. The molecule has 0 radical (unpaired) electrons. The van der Waals surface area contributed by atoms with Gasteiger partial charge in [0.05, 0.1) is 6.61 Å². The van der Waals surface area contributed by atoms with Crippen molar-refractivity contribution in [3.8, 4) is 0 Å². The van der Waals surface area contributed by atoms with Gasteiger partial charge < -0.3 is 15.0 Å². The lowest BCUT2D eigenvalue weighted by molar-refractivity contribution is -0.143. The van der Waals surface area contributed by atoms with Gasteiger partial charge in [-0.3, -0.25) is 4.79 Å². The number of rotatable bonds is 10. The van der Waals surface area contributed by atoms with Gasteiger partial charge in [-0.25, -0.2) is 0 Å². The van der Waals surface area contributed by atoms with Crippen molar-refractivity contribution in [1.29, 1.82) is 0 Å². The van der Waals surface area contributed by atoms with Crippen molar-refractivity contribution in [2.24, 2.45) is 0 Å². The molecule has 0 aliphatic heterocycles. The molecule has 1 N–H and O–H groups in total. The number of carbonyl (C=O) groups excluding carboxylic acids is 1. The molecule has 0 amide bonds. The molecule has 0 saturated carbocycles. The largest absolute Gasteiger partial charge is 0.466 e. The highest BCUT2D eigenvalue weighted by Gasteiger charge is 2.01. The van der Waals surface area contributed by atoms with E-state index in [9.17, 15) is 4.79 Å². The van der Waals surface area contributed by atoms with Crippen LogP contribution in [0.3, 0.4) is 0 Å². The molecule has 0 aliphatic rings. The Morgan fingerprint density at radius 3 is 2.44 bits per heavy atom. The molecular formula is C12H26N2O2. The lowest BCUT2D eigenvalue weighted by Gasteiger charge is -2.17. The quantitative estimate of drug-likeness (QED) is 0.453. The van der Waals surface area contributed by atoms with E-state index in [0.29, 0.717) is 13.0 Å². The van der Waals surface area contributed by atoms with Crippen LogP contribution >= 0.6 is 0 Å². The summed E-state index contributed by atoms with van der Waals surface area (Å²) >= 11 is 0. The van der Waals surface area contributed by atoms with E-state index in [1.54, 1.807) is 0 Å². The van der Waals surface area contributed by atoms with Crippen LogP contribution in [-0.2, 0) is 9.53 Å². The number of nitrogens with one attached hydrogen (secondary N) is 1. The van der Waals surface area contributed by atoms with Crippen LogP contribution in [0.15, 0.2) is 0 Å². The topological polar surface area (TPSA) is 41.6 Å². The highest BCUT2D eigenvalue weighted by atomic mass is 16.5. The molecule has 0 atom stereocenters. The number of carbonyl (C=O) groups is 1. The Bertz CT molecular complexity index is 170. The molecule has 4 nitrogen and oxygen atoms in total. The van der Waals surface area contributed by atoms with E-state index in [4.69, 9.17) is 4.74 Å². The number of hydrogen-bond donors (Lipinski definition) is 1. The zero-order valence-electron chi connectivity index (χ0n) is 10.9. The Morgan fingerprint density at radius 1 is 1.19 bits per heavy atom. The second-order valence-corrected chi connectivity index (χ2v) is 3.69. The van der Waals surface area contributed by atoms with Crippen molar-refractivity contribution in [3.63, 3.8) is 0 Å². The van der Waals surface area contributed by atoms with Crippen molar-refractivity contribution in [1.82, 2.24) is 10.2 Å². The van der Waals surface area contributed by atoms with Crippen LogP contribution < -0.4 is 5.32 Å². The summed E-state index contributed by atoms with van der Waals surface area (Å²) in [6, 6.07) is 0. The fourth-order valence-electron chi connectivity index (χ4n) is 1.49. The van der Waals surface area contributed by atoms with E-state index >= 15 is 0 Å². The molecule has 0 fully saturated rings. The van der Waals surface area contributed by atoms with Crippen molar-refractivity contribution in [3.05, 3.63) is 0 Å². The first-order valence-electron chi connectivity index (χ1n) is 6.33. The molecule has 4 heteroatoms. The van der Waals surface area contributed by atoms with Gasteiger partial charge >= 0.3 is 5.97 Å². The molecule has 96 valence electrons. The van der Waals surface area contributed by atoms with Crippen LogP contribution in [0.5, 0.6) is 0 Å². The van der Waals surface area contributed by atoms with Crippen LogP contribution in [-0.4, -0.2) is 50.2 Å². The molecule has 0 heterocycles. The van der Waals surface area contributed by atoms with Crippen LogP contribution in [0.4, 0.5) is 0 Å². The minimum Gasteiger partial charge on any atom is -0.466 e. The molecule has 16 heavy (non-hydrogen) atoms. The van der Waals surface area contributed by atoms with Gasteiger partial charge in [0.15, 0.2) is 0 Å². The van der Waals surface area contributed by atoms with Gasteiger partial charge in [0, 0.05) is 19.5 Å². The number of hydrogen-bond acceptors (Lipinski definition) is 4. The number of likely N-dealkylation sites (N-methyl/N-ethyl adjacent to an activating group) is 1. The summed E-state index contributed by atoms with van der Waals surface area (Å²) < 4.78 is 4.85. The Morgan fingerprint density at radius 2 is 1.88 bits per heavy atom. The summed E-state index contributed by atoms with van der Waals surface area (Å²) in [7, 11) is 0. The summed E-state index contributed by atoms with van der Waals surface area (Å²) in [5, 5.41) is 3.33. The predicted octanol–water partition coefficient (Wildman–Crippen LogP) is 1.26. The molecule has 0 bridgehead atoms. The first kappa shape index (κ1) is 15.4. The van der Waals surface area contributed by atoms with E-state index < -0.39 is 0 Å². The fourth-order valence-corrected chi connectivity index (χ4v) is 1.49. The summed E-state index contributed by atoms with van der Waals surface area (Å²) in [6.07, 6.45) is 1.38. The molecule has 0 aromatic carbocycles. The highest BCUT2D eigenvalue weighted by molar-refractivity contribution is 5.69. The van der Waals surface area contributed by atoms with Gasteiger partial charge in [-0.1, -0.05) is 13.8 Å². The van der Waals surface area contributed by atoms with Gasteiger partial charge in [-0.05, 0) is 33.0 Å². The minimum absolute atomic E-state index is 0.0898. The summed E-state index contributed by atoms with van der Waals surface area (Å²) in [4.78, 5) is 13.4. The van der Waals surface area contributed by atoms with Crippen molar-refractivity contribution in [2.75, 3.05) is 39.3 Å². The third kappa shape index (κ3) is 8.68. The van der Waals surface area contributed by atoms with Crippen molar-refractivity contribution in [2.45, 2.75) is 33.6 Å². The average Bonchev–Trinajstić information content (AvgIpc) is 2.29. The normalized spacial score (nSPS) is 10.8. The summed E-state index contributed by atoms with van der Waals surface area (Å²) in [6.45, 7) is 11.8. The monoisotopic (exact) mass is 230 g/mol. The van der Waals surface area contributed by atoms with Gasteiger partial charge in [0.1, 0.15) is 0 Å². The summed E-state index contributed by atoms with van der Waals surface area (Å²) in [5.74, 6) is -0.0898. The third-order valence-corrected chi connectivity index (χ3v) is 2.54. The van der Waals surface area contributed by atoms with Gasteiger partial charge in [-0.2, -0.15) is 0 Å². The highest BCUT2D eigenvalue weighted by Crippen LogP contribution is 1.91. The van der Waals surface area contributed by atoms with Crippen LogP contribution in [0, 0.1) is 0 Å². The number of nitrogens with zero attached hydrogens (tertiary/aromatic N) is 1. The first-order chi connectivity index (χ1) is 7.74. The van der Waals surface area contributed by atoms with Gasteiger partial charge in [0.2, 0.25) is 0 Å². The zero-order chi connectivity index (χ0) is 12.2. The molecule has 0 saturated heterocycles. The molecule has 0 spiro atoms. The number of ether oxygens (including phenoxy) is 1. The maximum atomic E-state index is 11.0. The van der Waals surface area contributed by atoms with E-state index in [0.717, 1.165) is 39.1 Å². The number of esters is 1. The summed E-state index contributed by atoms with van der Waals surface area (Å²) in [5.41, 5.74) is 0. The minimum atomic E-state index is -0.0898. The zero-order valence-corrected chi connectivity index (χ0v) is 10.9. The molecule has 0 aliphatic carbocycles. The molecule has 0 aromatic heterocycles. The average molecular weight is 230 g/mol. The maximum Gasteiger partial charge on any atom is 0.305 e. The second kappa shape index (κ2) is 10.9. The molecule has 0 aromatic rings. The van der Waals surface area contributed by atoms with E-state index in [1.165, 1.54) is 0 Å². The standard InChI is InChI=1S/C12H26N2O2/c1-4-14(5-2)11-10-13-9-7-8-12(15)16-6-3/h13H,4-11H2,1-3H3. The molecule has 0 rings (SSSR count). The van der Waals surface area contributed by atoms with Crippen LogP contribution in [0.25, 0.3) is 0 Å². The predicted molar refractivity (Wildman–Crippen MR) is 66.5 cm³/mol. The van der Waals surface area contributed by atoms with Crippen molar-refractivity contribution < 1.29 is 9.53 Å². The van der Waals surface area contributed by atoms with E-state index in [2.05, 4.69) is 24.1 Å².